The minimum absolute atomic E-state index is 0.0958. The van der Waals surface area contributed by atoms with E-state index in [1.165, 1.54) is 0 Å². The molecule has 16 heavy (non-hydrogen) atoms. The van der Waals surface area contributed by atoms with Crippen LogP contribution in [0.4, 0.5) is 0 Å². The topological polar surface area (TPSA) is 32.3 Å². The summed E-state index contributed by atoms with van der Waals surface area (Å²) in [4.78, 5) is 14.5. The molecule has 1 aliphatic rings. The number of hydrogen-bond acceptors (Lipinski definition) is 2. The Hall–Kier alpha value is -0.570. The van der Waals surface area contributed by atoms with E-state index >= 15 is 0 Å². The Morgan fingerprint density at radius 3 is 2.38 bits per heavy atom. The van der Waals surface area contributed by atoms with Crippen LogP contribution < -0.4 is 5.32 Å². The van der Waals surface area contributed by atoms with Gasteiger partial charge in [0.1, 0.15) is 0 Å². The van der Waals surface area contributed by atoms with Crippen LogP contribution >= 0.6 is 0 Å². The monoisotopic (exact) mass is 226 g/mol. The minimum Gasteiger partial charge on any atom is -0.355 e. The van der Waals surface area contributed by atoms with E-state index in [9.17, 15) is 4.79 Å². The molecule has 1 fully saturated rings. The lowest BCUT2D eigenvalue weighted by Gasteiger charge is -2.38. The number of carbonyl (C=O) groups is 1. The number of piperidine rings is 1. The molecule has 94 valence electrons. The lowest BCUT2D eigenvalue weighted by Crippen LogP contribution is -2.48. The van der Waals surface area contributed by atoms with Gasteiger partial charge in [0.2, 0.25) is 5.91 Å². The van der Waals surface area contributed by atoms with Crippen molar-refractivity contribution in [1.82, 2.24) is 10.2 Å². The SMILES string of the molecule is CCC1(C(=O)NCC(C)C)CCN(C)CC1. The maximum atomic E-state index is 12.2. The van der Waals surface area contributed by atoms with Crippen LogP contribution in [-0.2, 0) is 4.79 Å². The Bertz CT molecular complexity index is 230. The summed E-state index contributed by atoms with van der Waals surface area (Å²) in [5.74, 6) is 0.806. The van der Waals surface area contributed by atoms with Crippen molar-refractivity contribution in [3.63, 3.8) is 0 Å². The van der Waals surface area contributed by atoms with Crippen molar-refractivity contribution >= 4 is 5.91 Å². The zero-order valence-corrected chi connectivity index (χ0v) is 11.2. The Morgan fingerprint density at radius 1 is 1.38 bits per heavy atom. The summed E-state index contributed by atoms with van der Waals surface area (Å²) in [6.07, 6.45) is 2.97. The van der Waals surface area contributed by atoms with E-state index in [1.807, 2.05) is 0 Å². The van der Waals surface area contributed by atoms with Crippen molar-refractivity contribution in [1.29, 1.82) is 0 Å². The van der Waals surface area contributed by atoms with Crippen LogP contribution in [0.15, 0.2) is 0 Å². The largest absolute Gasteiger partial charge is 0.355 e. The van der Waals surface area contributed by atoms with Gasteiger partial charge in [-0.2, -0.15) is 0 Å². The number of nitrogens with zero attached hydrogens (tertiary/aromatic N) is 1. The fourth-order valence-corrected chi connectivity index (χ4v) is 2.27. The molecule has 0 atom stereocenters. The molecule has 1 saturated heterocycles. The Kier molecular flexibility index (Phi) is 4.78. The number of carbonyl (C=O) groups excluding carboxylic acids is 1. The number of rotatable bonds is 4. The molecule has 0 aromatic carbocycles. The quantitative estimate of drug-likeness (QED) is 0.794. The summed E-state index contributed by atoms with van der Waals surface area (Å²) in [6, 6.07) is 0. The van der Waals surface area contributed by atoms with Crippen LogP contribution in [0.3, 0.4) is 0 Å². The molecule has 1 amide bonds. The first-order valence-electron chi connectivity index (χ1n) is 6.47. The zero-order chi connectivity index (χ0) is 12.2. The Morgan fingerprint density at radius 2 is 1.94 bits per heavy atom. The number of amides is 1. The van der Waals surface area contributed by atoms with E-state index < -0.39 is 0 Å². The molecule has 3 nitrogen and oxygen atoms in total. The fourth-order valence-electron chi connectivity index (χ4n) is 2.27. The summed E-state index contributed by atoms with van der Waals surface area (Å²) in [5, 5.41) is 3.10. The normalized spacial score (nSPS) is 21.1. The fraction of sp³-hybridized carbons (Fsp3) is 0.923. The van der Waals surface area contributed by atoms with E-state index in [2.05, 4.69) is 38.0 Å². The van der Waals surface area contributed by atoms with Gasteiger partial charge in [-0.3, -0.25) is 4.79 Å². The van der Waals surface area contributed by atoms with Crippen LogP contribution in [0.25, 0.3) is 0 Å². The van der Waals surface area contributed by atoms with E-state index in [1.54, 1.807) is 0 Å². The average Bonchev–Trinajstić information content (AvgIpc) is 2.27. The minimum atomic E-state index is -0.0958. The van der Waals surface area contributed by atoms with Crippen molar-refractivity contribution < 1.29 is 4.79 Å². The molecular formula is C13H26N2O. The van der Waals surface area contributed by atoms with Gasteiger partial charge in [0, 0.05) is 6.54 Å². The summed E-state index contributed by atoms with van der Waals surface area (Å²) < 4.78 is 0. The third kappa shape index (κ3) is 3.21. The van der Waals surface area contributed by atoms with Gasteiger partial charge in [0.05, 0.1) is 5.41 Å². The third-order valence-electron chi connectivity index (χ3n) is 3.77. The van der Waals surface area contributed by atoms with Crippen molar-refractivity contribution in [2.24, 2.45) is 11.3 Å². The van der Waals surface area contributed by atoms with Crippen molar-refractivity contribution in [3.8, 4) is 0 Å². The smallest absolute Gasteiger partial charge is 0.226 e. The first-order chi connectivity index (χ1) is 7.50. The molecule has 1 aliphatic heterocycles. The van der Waals surface area contributed by atoms with Crippen LogP contribution in [-0.4, -0.2) is 37.5 Å². The number of nitrogens with one attached hydrogen (secondary N) is 1. The third-order valence-corrected chi connectivity index (χ3v) is 3.77. The second-order valence-electron chi connectivity index (χ2n) is 5.54. The summed E-state index contributed by atoms with van der Waals surface area (Å²) in [7, 11) is 2.13. The standard InChI is InChI=1S/C13H26N2O/c1-5-13(6-8-15(4)9-7-13)12(16)14-10-11(2)3/h11H,5-10H2,1-4H3,(H,14,16). The highest BCUT2D eigenvalue weighted by Crippen LogP contribution is 2.34. The predicted octanol–water partition coefficient (Wildman–Crippen LogP) is 1.88. The molecule has 0 unspecified atom stereocenters. The first kappa shape index (κ1) is 13.5. The second-order valence-corrected chi connectivity index (χ2v) is 5.54. The van der Waals surface area contributed by atoms with Crippen LogP contribution in [0.1, 0.15) is 40.0 Å². The maximum Gasteiger partial charge on any atom is 0.226 e. The predicted molar refractivity (Wildman–Crippen MR) is 67.3 cm³/mol. The molecule has 1 heterocycles. The van der Waals surface area contributed by atoms with Gasteiger partial charge in [-0.15, -0.1) is 0 Å². The molecule has 0 spiro atoms. The van der Waals surface area contributed by atoms with Gasteiger partial charge in [-0.05, 0) is 45.3 Å². The molecular weight excluding hydrogens is 200 g/mol. The highest BCUT2D eigenvalue weighted by Gasteiger charge is 2.38. The van der Waals surface area contributed by atoms with E-state index in [-0.39, 0.29) is 11.3 Å². The van der Waals surface area contributed by atoms with E-state index in [0.29, 0.717) is 5.92 Å². The molecule has 1 N–H and O–H groups in total. The van der Waals surface area contributed by atoms with Gasteiger partial charge >= 0.3 is 0 Å². The molecule has 1 rings (SSSR count). The van der Waals surface area contributed by atoms with Crippen molar-refractivity contribution in [2.45, 2.75) is 40.0 Å². The van der Waals surface area contributed by atoms with Crippen LogP contribution in [0.2, 0.25) is 0 Å². The summed E-state index contributed by atoms with van der Waals surface area (Å²) in [5.41, 5.74) is -0.0958. The first-order valence-corrected chi connectivity index (χ1v) is 6.47. The summed E-state index contributed by atoms with van der Waals surface area (Å²) >= 11 is 0. The van der Waals surface area contributed by atoms with Crippen molar-refractivity contribution in [3.05, 3.63) is 0 Å². The van der Waals surface area contributed by atoms with Gasteiger partial charge < -0.3 is 10.2 Å². The highest BCUT2D eigenvalue weighted by molar-refractivity contribution is 5.82. The molecule has 0 saturated carbocycles. The summed E-state index contributed by atoms with van der Waals surface area (Å²) in [6.45, 7) is 9.30. The lowest BCUT2D eigenvalue weighted by atomic mass is 9.75. The number of hydrogen-bond donors (Lipinski definition) is 1. The van der Waals surface area contributed by atoms with Gasteiger partial charge in [-0.25, -0.2) is 0 Å². The van der Waals surface area contributed by atoms with Crippen LogP contribution in [0, 0.1) is 11.3 Å². The molecule has 0 bridgehead atoms. The average molecular weight is 226 g/mol. The van der Waals surface area contributed by atoms with Gasteiger partial charge in [0.15, 0.2) is 0 Å². The molecule has 3 heteroatoms. The molecule has 0 aromatic rings. The number of likely N-dealkylation sites (tertiary alicyclic amines) is 1. The van der Waals surface area contributed by atoms with Crippen LogP contribution in [0.5, 0.6) is 0 Å². The van der Waals surface area contributed by atoms with Crippen molar-refractivity contribution in [2.75, 3.05) is 26.7 Å². The Labute approximate surface area is 99.6 Å². The molecule has 0 radical (unpaired) electrons. The van der Waals surface area contributed by atoms with E-state index in [0.717, 1.165) is 38.9 Å². The maximum absolute atomic E-state index is 12.2. The second kappa shape index (κ2) is 5.67. The lowest BCUT2D eigenvalue weighted by molar-refractivity contribution is -0.134. The van der Waals surface area contributed by atoms with Gasteiger partial charge in [-0.1, -0.05) is 20.8 Å². The zero-order valence-electron chi connectivity index (χ0n) is 11.2. The van der Waals surface area contributed by atoms with Gasteiger partial charge in [0.25, 0.3) is 0 Å². The molecule has 0 aliphatic carbocycles. The molecule has 0 aromatic heterocycles. The van der Waals surface area contributed by atoms with E-state index in [4.69, 9.17) is 0 Å². The Balaban J connectivity index is 2.55. The highest BCUT2D eigenvalue weighted by atomic mass is 16.2.